The average molecular weight is 448 g/mol. The highest BCUT2D eigenvalue weighted by atomic mass is 19.4. The molecule has 4 atom stereocenters. The number of hydrogen-bond donors (Lipinski definition) is 1. The first-order valence-electron chi connectivity index (χ1n) is 9.30. The lowest BCUT2D eigenvalue weighted by atomic mass is 9.80. The predicted octanol–water partition coefficient (Wildman–Crippen LogP) is 5.55. The number of unbranched alkanes of at least 4 members (excludes halogenated alkanes) is 3. The molecule has 1 rings (SSSR count). The van der Waals surface area contributed by atoms with Crippen molar-refractivity contribution in [3.05, 3.63) is 0 Å². The summed E-state index contributed by atoms with van der Waals surface area (Å²) in [5.74, 6) is -22.6. The molecule has 0 unspecified atom stereocenters. The summed E-state index contributed by atoms with van der Waals surface area (Å²) in [4.78, 5) is 0. The molecule has 29 heavy (non-hydrogen) atoms. The van der Waals surface area contributed by atoms with Gasteiger partial charge < -0.3 is 14.6 Å². The van der Waals surface area contributed by atoms with Crippen LogP contribution in [0.5, 0.6) is 0 Å². The second kappa shape index (κ2) is 9.59. The Morgan fingerprint density at radius 1 is 0.897 bits per heavy atom. The van der Waals surface area contributed by atoms with Gasteiger partial charge in [-0.05, 0) is 19.8 Å². The number of halogens is 9. The van der Waals surface area contributed by atoms with E-state index in [2.05, 4.69) is 0 Å². The van der Waals surface area contributed by atoms with Gasteiger partial charge in [-0.15, -0.1) is 0 Å². The van der Waals surface area contributed by atoms with E-state index >= 15 is 0 Å². The maximum Gasteiger partial charge on any atom is 0.460 e. The van der Waals surface area contributed by atoms with Crippen LogP contribution in [0, 0.1) is 5.92 Å². The van der Waals surface area contributed by atoms with Crippen LogP contribution < -0.4 is 0 Å². The van der Waals surface area contributed by atoms with E-state index < -0.39 is 54.8 Å². The van der Waals surface area contributed by atoms with Crippen molar-refractivity contribution in [3.8, 4) is 0 Å². The molecule has 0 aliphatic carbocycles. The summed E-state index contributed by atoms with van der Waals surface area (Å²) in [7, 11) is 0. The van der Waals surface area contributed by atoms with Gasteiger partial charge in [-0.1, -0.05) is 32.6 Å². The SMILES string of the molecule is CCCCCC[C@H]1C[C@@H](C(F)(F)C(F)(F)C(F)(F)C(F)(F)F)[C@@H](O)[C@H](OCC)O1. The van der Waals surface area contributed by atoms with Crippen molar-refractivity contribution in [2.24, 2.45) is 5.92 Å². The average Bonchev–Trinajstić information content (AvgIpc) is 2.59. The van der Waals surface area contributed by atoms with E-state index in [4.69, 9.17) is 9.47 Å². The molecule has 0 radical (unpaired) electrons. The van der Waals surface area contributed by atoms with Crippen LogP contribution in [0.3, 0.4) is 0 Å². The van der Waals surface area contributed by atoms with Crippen LogP contribution in [0.25, 0.3) is 0 Å². The largest absolute Gasteiger partial charge is 0.460 e. The Hall–Kier alpha value is -0.750. The van der Waals surface area contributed by atoms with Gasteiger partial charge in [0.1, 0.15) is 6.10 Å². The van der Waals surface area contributed by atoms with Crippen LogP contribution in [0.15, 0.2) is 0 Å². The van der Waals surface area contributed by atoms with E-state index in [1.807, 2.05) is 6.92 Å². The monoisotopic (exact) mass is 448 g/mol. The molecule has 0 saturated carbocycles. The lowest BCUT2D eigenvalue weighted by molar-refractivity contribution is -0.413. The van der Waals surface area contributed by atoms with Crippen LogP contribution in [0.1, 0.15) is 52.4 Å². The lowest BCUT2D eigenvalue weighted by Gasteiger charge is -2.45. The maximum absolute atomic E-state index is 14.4. The third-order valence-electron chi connectivity index (χ3n) is 4.88. The number of ether oxygens (including phenoxy) is 2. The van der Waals surface area contributed by atoms with Crippen LogP contribution in [-0.2, 0) is 9.47 Å². The smallest absolute Gasteiger partial charge is 0.387 e. The fourth-order valence-electron chi connectivity index (χ4n) is 3.21. The minimum absolute atomic E-state index is 0.0735. The summed E-state index contributed by atoms with van der Waals surface area (Å²) < 4.78 is 130. The van der Waals surface area contributed by atoms with Crippen molar-refractivity contribution in [3.63, 3.8) is 0 Å². The number of aliphatic hydroxyl groups excluding tert-OH is 1. The summed E-state index contributed by atoms with van der Waals surface area (Å²) >= 11 is 0. The van der Waals surface area contributed by atoms with Crippen LogP contribution >= 0.6 is 0 Å². The van der Waals surface area contributed by atoms with Crippen molar-refractivity contribution in [2.75, 3.05) is 6.61 Å². The summed E-state index contributed by atoms with van der Waals surface area (Å²) in [6.45, 7) is 3.08. The molecule has 0 bridgehead atoms. The highest BCUT2D eigenvalue weighted by Crippen LogP contribution is 2.57. The van der Waals surface area contributed by atoms with Crippen molar-refractivity contribution >= 4 is 0 Å². The van der Waals surface area contributed by atoms with E-state index in [9.17, 15) is 44.6 Å². The highest BCUT2D eigenvalue weighted by Gasteiger charge is 2.83. The zero-order valence-electron chi connectivity index (χ0n) is 15.9. The van der Waals surface area contributed by atoms with Gasteiger partial charge in [0.15, 0.2) is 6.29 Å². The molecule has 1 saturated heterocycles. The van der Waals surface area contributed by atoms with Gasteiger partial charge in [-0.3, -0.25) is 0 Å². The molecule has 1 N–H and O–H groups in total. The molecule has 1 aliphatic heterocycles. The first-order valence-corrected chi connectivity index (χ1v) is 9.30. The molecular formula is C17H25F9O3. The van der Waals surface area contributed by atoms with E-state index in [1.165, 1.54) is 6.92 Å². The van der Waals surface area contributed by atoms with Crippen molar-refractivity contribution in [1.82, 2.24) is 0 Å². The van der Waals surface area contributed by atoms with Crippen LogP contribution in [0.4, 0.5) is 39.5 Å². The summed E-state index contributed by atoms with van der Waals surface area (Å²) in [5.41, 5.74) is 0. The van der Waals surface area contributed by atoms with E-state index in [-0.39, 0.29) is 13.0 Å². The van der Waals surface area contributed by atoms with Gasteiger partial charge in [0.2, 0.25) is 0 Å². The van der Waals surface area contributed by atoms with Crippen LogP contribution in [-0.4, -0.2) is 54.2 Å². The fourth-order valence-corrected chi connectivity index (χ4v) is 3.21. The van der Waals surface area contributed by atoms with Crippen molar-refractivity contribution in [1.29, 1.82) is 0 Å². The second-order valence-electron chi connectivity index (χ2n) is 7.03. The Bertz CT molecular complexity index is 511. The van der Waals surface area contributed by atoms with Crippen LogP contribution in [0.2, 0.25) is 0 Å². The molecule has 174 valence electrons. The topological polar surface area (TPSA) is 38.7 Å². The third kappa shape index (κ3) is 5.30. The van der Waals surface area contributed by atoms with Crippen molar-refractivity contribution < 1.29 is 54.1 Å². The van der Waals surface area contributed by atoms with Gasteiger partial charge in [-0.25, -0.2) is 0 Å². The summed E-state index contributed by atoms with van der Waals surface area (Å²) in [5, 5.41) is 9.97. The Morgan fingerprint density at radius 3 is 1.97 bits per heavy atom. The Kier molecular flexibility index (Phi) is 8.69. The van der Waals surface area contributed by atoms with Gasteiger partial charge in [0, 0.05) is 6.61 Å². The molecule has 12 heteroatoms. The highest BCUT2D eigenvalue weighted by molar-refractivity contribution is 5.06. The predicted molar refractivity (Wildman–Crippen MR) is 84.1 cm³/mol. The fraction of sp³-hybridized carbons (Fsp3) is 1.00. The maximum atomic E-state index is 14.4. The Morgan fingerprint density at radius 2 is 1.48 bits per heavy atom. The molecule has 3 nitrogen and oxygen atoms in total. The molecule has 1 heterocycles. The number of hydrogen-bond acceptors (Lipinski definition) is 3. The Labute approximate surface area is 162 Å². The number of aliphatic hydroxyl groups is 1. The molecule has 0 aromatic carbocycles. The Balaban J connectivity index is 3.16. The third-order valence-corrected chi connectivity index (χ3v) is 4.88. The molecule has 0 amide bonds. The van der Waals surface area contributed by atoms with E-state index in [0.717, 1.165) is 12.8 Å². The molecule has 0 aromatic rings. The zero-order valence-corrected chi connectivity index (χ0v) is 15.9. The van der Waals surface area contributed by atoms with Gasteiger partial charge in [0.25, 0.3) is 0 Å². The summed E-state index contributed by atoms with van der Waals surface area (Å²) in [6, 6.07) is 0. The minimum Gasteiger partial charge on any atom is -0.387 e. The van der Waals surface area contributed by atoms with Crippen molar-refractivity contribution in [2.45, 2.75) is 94.8 Å². The van der Waals surface area contributed by atoms with Gasteiger partial charge in [0.05, 0.1) is 12.0 Å². The first-order chi connectivity index (χ1) is 13.1. The first kappa shape index (κ1) is 26.3. The zero-order chi connectivity index (χ0) is 22.7. The summed E-state index contributed by atoms with van der Waals surface area (Å²) in [6.07, 6.45) is -10.7. The second-order valence-corrected chi connectivity index (χ2v) is 7.03. The number of rotatable bonds is 10. The minimum atomic E-state index is -7.00. The number of alkyl halides is 9. The molecular weight excluding hydrogens is 423 g/mol. The quantitative estimate of drug-likeness (QED) is 0.352. The molecule has 1 aliphatic rings. The van der Waals surface area contributed by atoms with E-state index in [1.54, 1.807) is 0 Å². The van der Waals surface area contributed by atoms with E-state index in [0.29, 0.717) is 12.8 Å². The molecule has 1 fully saturated rings. The molecule has 0 aromatic heterocycles. The lowest BCUT2D eigenvalue weighted by Crippen LogP contribution is -2.66. The molecule has 0 spiro atoms. The van der Waals surface area contributed by atoms with Gasteiger partial charge >= 0.3 is 23.9 Å². The standard InChI is InChI=1S/C17H25F9O3/c1-3-5-6-7-8-10-9-11(12(27)13(29-10)28-4-2)14(18,19)15(20,21)16(22,23)17(24,25)26/h10-13,27H,3-9H2,1-2H3/t10-,11+,12+,13+/m0/s1. The normalized spacial score (nSPS) is 27.3. The van der Waals surface area contributed by atoms with Gasteiger partial charge in [-0.2, -0.15) is 39.5 Å².